The minimum atomic E-state index is 0.951. The van der Waals surface area contributed by atoms with Crippen LogP contribution in [0.2, 0.25) is 0 Å². The summed E-state index contributed by atoms with van der Waals surface area (Å²) in [6.45, 7) is 3.10. The summed E-state index contributed by atoms with van der Waals surface area (Å²) in [7, 11) is 0. The maximum atomic E-state index is 4.07. The zero-order valence-corrected chi connectivity index (χ0v) is 8.57. The average Bonchev–Trinajstić information content (AvgIpc) is 2.63. The molecule has 3 aromatic rings. The highest BCUT2D eigenvalue weighted by Crippen LogP contribution is 2.27. The predicted octanol–water partition coefficient (Wildman–Crippen LogP) is 3.01. The number of nitrogens with zero attached hydrogens (tertiary/aromatic N) is 2. The third-order valence-electron chi connectivity index (χ3n) is 2.81. The van der Waals surface area contributed by atoms with Gasteiger partial charge in [0.1, 0.15) is 6.20 Å². The van der Waals surface area contributed by atoms with Crippen LogP contribution in [0.25, 0.3) is 21.8 Å². The van der Waals surface area contributed by atoms with Crippen molar-refractivity contribution in [2.45, 2.75) is 13.5 Å². The lowest BCUT2D eigenvalue weighted by atomic mass is 10.2. The first kappa shape index (κ1) is 8.48. The Bertz CT molecular complexity index is 569. The van der Waals surface area contributed by atoms with E-state index in [0.29, 0.717) is 0 Å². The van der Waals surface area contributed by atoms with Gasteiger partial charge >= 0.3 is 0 Å². The van der Waals surface area contributed by atoms with Crippen LogP contribution in [0.1, 0.15) is 6.92 Å². The Labute approximate surface area is 88.2 Å². The van der Waals surface area contributed by atoms with Gasteiger partial charge in [-0.2, -0.15) is 0 Å². The lowest BCUT2D eigenvalue weighted by molar-refractivity contribution is 0.825. The van der Waals surface area contributed by atoms with Crippen LogP contribution in [0.5, 0.6) is 0 Å². The molecule has 0 amide bonds. The minimum absolute atomic E-state index is 0.951. The molecule has 2 heteroatoms. The van der Waals surface area contributed by atoms with Crippen LogP contribution in [-0.4, -0.2) is 9.55 Å². The highest BCUT2D eigenvalue weighted by molar-refractivity contribution is 6.07. The van der Waals surface area contributed by atoms with E-state index in [9.17, 15) is 0 Å². The van der Waals surface area contributed by atoms with Crippen molar-refractivity contribution in [2.75, 3.05) is 0 Å². The topological polar surface area (TPSA) is 17.8 Å². The van der Waals surface area contributed by atoms with Crippen molar-refractivity contribution < 1.29 is 0 Å². The number of benzene rings is 1. The quantitative estimate of drug-likeness (QED) is 0.583. The number of fused-ring (bicyclic) bond motifs is 3. The van der Waals surface area contributed by atoms with Crippen molar-refractivity contribution in [3.05, 3.63) is 42.7 Å². The standard InChI is InChI=1S/C13H11N2/c1-2-15-12-6-4-3-5-10(12)11-7-8-14-9-13(11)15/h3-8H,2H2,1H3. The van der Waals surface area contributed by atoms with E-state index in [1.54, 1.807) is 6.20 Å². The van der Waals surface area contributed by atoms with Crippen molar-refractivity contribution in [3.8, 4) is 0 Å². The number of hydrogen-bond donors (Lipinski definition) is 0. The van der Waals surface area contributed by atoms with E-state index in [0.717, 1.165) is 12.1 Å². The monoisotopic (exact) mass is 195 g/mol. The third-order valence-corrected chi connectivity index (χ3v) is 2.81. The number of para-hydroxylation sites is 1. The normalized spacial score (nSPS) is 11.3. The van der Waals surface area contributed by atoms with Crippen LogP contribution in [0.3, 0.4) is 0 Å². The molecule has 2 heterocycles. The van der Waals surface area contributed by atoms with Gasteiger partial charge in [0.05, 0.1) is 5.52 Å². The molecular weight excluding hydrogens is 184 g/mol. The molecule has 0 aliphatic rings. The summed E-state index contributed by atoms with van der Waals surface area (Å²) in [5.41, 5.74) is 2.36. The molecule has 2 nitrogen and oxygen atoms in total. The van der Waals surface area contributed by atoms with Crippen molar-refractivity contribution in [3.63, 3.8) is 0 Å². The first-order valence-corrected chi connectivity index (χ1v) is 5.15. The molecule has 1 aromatic carbocycles. The van der Waals surface area contributed by atoms with E-state index in [4.69, 9.17) is 0 Å². The number of pyridine rings is 1. The second-order valence-corrected chi connectivity index (χ2v) is 3.58. The molecular formula is C13H11N2. The van der Waals surface area contributed by atoms with Crippen LogP contribution in [0.4, 0.5) is 0 Å². The molecule has 0 saturated heterocycles. The fraction of sp³-hybridized carbons (Fsp3) is 0.154. The van der Waals surface area contributed by atoms with Gasteiger partial charge in [-0.05, 0) is 19.1 Å². The molecule has 0 N–H and O–H groups in total. The second-order valence-electron chi connectivity index (χ2n) is 3.58. The number of aromatic nitrogens is 2. The number of rotatable bonds is 1. The Balaban J connectivity index is 2.62. The Morgan fingerprint density at radius 1 is 1.20 bits per heavy atom. The highest BCUT2D eigenvalue weighted by atomic mass is 15.0. The summed E-state index contributed by atoms with van der Waals surface area (Å²) < 4.78 is 2.25. The van der Waals surface area contributed by atoms with E-state index >= 15 is 0 Å². The predicted molar refractivity (Wildman–Crippen MR) is 61.7 cm³/mol. The molecule has 0 spiro atoms. The van der Waals surface area contributed by atoms with Gasteiger partial charge in [-0.25, -0.2) is 0 Å². The molecule has 0 saturated carbocycles. The average molecular weight is 195 g/mol. The van der Waals surface area contributed by atoms with Gasteiger partial charge in [0.15, 0.2) is 0 Å². The first-order valence-electron chi connectivity index (χ1n) is 5.15. The Hall–Kier alpha value is -1.83. The number of aryl methyl sites for hydroxylation is 1. The van der Waals surface area contributed by atoms with E-state index < -0.39 is 0 Å². The van der Waals surface area contributed by atoms with Crippen molar-refractivity contribution in [1.82, 2.24) is 9.55 Å². The van der Waals surface area contributed by atoms with Gasteiger partial charge in [0.2, 0.25) is 0 Å². The molecule has 0 fully saturated rings. The zero-order valence-electron chi connectivity index (χ0n) is 8.57. The molecule has 1 radical (unpaired) electrons. The van der Waals surface area contributed by atoms with Crippen LogP contribution in [-0.2, 0) is 6.54 Å². The van der Waals surface area contributed by atoms with Gasteiger partial charge in [-0.15, -0.1) is 0 Å². The van der Waals surface area contributed by atoms with Crippen molar-refractivity contribution >= 4 is 21.8 Å². The summed E-state index contributed by atoms with van der Waals surface area (Å²) in [6.07, 6.45) is 4.87. The van der Waals surface area contributed by atoms with Crippen molar-refractivity contribution in [2.24, 2.45) is 0 Å². The molecule has 0 atom stereocenters. The van der Waals surface area contributed by atoms with E-state index in [1.165, 1.54) is 16.3 Å². The molecule has 15 heavy (non-hydrogen) atoms. The second kappa shape index (κ2) is 3.09. The molecule has 0 unspecified atom stereocenters. The summed E-state index contributed by atoms with van der Waals surface area (Å²) in [5, 5.41) is 2.52. The first-order chi connectivity index (χ1) is 7.42. The maximum absolute atomic E-state index is 4.07. The summed E-state index contributed by atoms with van der Waals surface area (Å²) in [4.78, 5) is 4.07. The van der Waals surface area contributed by atoms with Crippen LogP contribution in [0.15, 0.2) is 36.5 Å². The molecule has 0 bridgehead atoms. The lowest BCUT2D eigenvalue weighted by Gasteiger charge is -2.00. The fourth-order valence-corrected chi connectivity index (χ4v) is 2.16. The van der Waals surface area contributed by atoms with Gasteiger partial charge < -0.3 is 4.57 Å². The van der Waals surface area contributed by atoms with Crippen molar-refractivity contribution in [1.29, 1.82) is 0 Å². The maximum Gasteiger partial charge on any atom is 0.115 e. The molecule has 0 aliphatic carbocycles. The number of hydrogen-bond acceptors (Lipinski definition) is 1. The molecule has 73 valence electrons. The summed E-state index contributed by atoms with van der Waals surface area (Å²) in [6, 6.07) is 10.5. The van der Waals surface area contributed by atoms with Crippen LogP contribution in [0, 0.1) is 6.20 Å². The van der Waals surface area contributed by atoms with Gasteiger partial charge in [-0.3, -0.25) is 4.98 Å². The smallest absolute Gasteiger partial charge is 0.115 e. The lowest BCUT2D eigenvalue weighted by Crippen LogP contribution is -1.92. The van der Waals surface area contributed by atoms with Gasteiger partial charge in [-0.1, -0.05) is 18.2 Å². The largest absolute Gasteiger partial charge is 0.339 e. The zero-order chi connectivity index (χ0) is 10.3. The fourth-order valence-electron chi connectivity index (χ4n) is 2.16. The Morgan fingerprint density at radius 3 is 2.93 bits per heavy atom. The third kappa shape index (κ3) is 1.08. The Morgan fingerprint density at radius 2 is 2.07 bits per heavy atom. The highest BCUT2D eigenvalue weighted by Gasteiger charge is 2.07. The van der Waals surface area contributed by atoms with E-state index in [2.05, 4.69) is 53.0 Å². The SMILES string of the molecule is CCn1c2[c]nccc2c2ccccc21. The van der Waals surface area contributed by atoms with E-state index in [1.807, 2.05) is 0 Å². The van der Waals surface area contributed by atoms with E-state index in [-0.39, 0.29) is 0 Å². The molecule has 0 aliphatic heterocycles. The minimum Gasteiger partial charge on any atom is -0.339 e. The van der Waals surface area contributed by atoms with Crippen LogP contribution < -0.4 is 0 Å². The molecule has 2 aromatic heterocycles. The Kier molecular flexibility index (Phi) is 1.75. The van der Waals surface area contributed by atoms with Gasteiger partial charge in [0.25, 0.3) is 0 Å². The van der Waals surface area contributed by atoms with Gasteiger partial charge in [0, 0.05) is 29.0 Å². The van der Waals surface area contributed by atoms with Crippen LogP contribution >= 0.6 is 0 Å². The summed E-state index contributed by atoms with van der Waals surface area (Å²) in [5.74, 6) is 0. The summed E-state index contributed by atoms with van der Waals surface area (Å²) >= 11 is 0. The molecule has 3 rings (SSSR count).